The fourth-order valence-corrected chi connectivity index (χ4v) is 2.96. The van der Waals surface area contributed by atoms with Gasteiger partial charge >= 0.3 is 0 Å². The summed E-state index contributed by atoms with van der Waals surface area (Å²) >= 11 is 1.80. The molecule has 1 N–H and O–H groups in total. The summed E-state index contributed by atoms with van der Waals surface area (Å²) in [5.41, 5.74) is 1.35. The molecule has 2 nitrogen and oxygen atoms in total. The summed E-state index contributed by atoms with van der Waals surface area (Å²) < 4.78 is 7.00. The van der Waals surface area contributed by atoms with Crippen molar-refractivity contribution in [2.24, 2.45) is 0 Å². The highest BCUT2D eigenvalue weighted by Crippen LogP contribution is 2.30. The van der Waals surface area contributed by atoms with Crippen molar-refractivity contribution in [3.05, 3.63) is 35.2 Å². The maximum absolute atomic E-state index is 5.65. The van der Waals surface area contributed by atoms with Crippen molar-refractivity contribution in [2.75, 3.05) is 20.3 Å². The van der Waals surface area contributed by atoms with E-state index in [1.807, 2.05) is 7.05 Å². The molecule has 0 radical (unpaired) electrons. The highest BCUT2D eigenvalue weighted by molar-refractivity contribution is 7.17. The summed E-state index contributed by atoms with van der Waals surface area (Å²) in [5, 5.41) is 6.92. The molecule has 17 heavy (non-hydrogen) atoms. The van der Waals surface area contributed by atoms with Gasteiger partial charge in [-0.1, -0.05) is 25.1 Å². The van der Waals surface area contributed by atoms with E-state index >= 15 is 0 Å². The van der Waals surface area contributed by atoms with Crippen molar-refractivity contribution in [3.63, 3.8) is 0 Å². The first-order valence-electron chi connectivity index (χ1n) is 6.08. The van der Waals surface area contributed by atoms with Crippen LogP contribution in [0.5, 0.6) is 0 Å². The fraction of sp³-hybridized carbons (Fsp3) is 0.429. The Morgan fingerprint density at radius 1 is 1.35 bits per heavy atom. The average Bonchev–Trinajstić information content (AvgIpc) is 2.79. The van der Waals surface area contributed by atoms with Crippen LogP contribution < -0.4 is 5.32 Å². The molecular weight excluding hydrogens is 230 g/mol. The molecule has 1 heterocycles. The molecule has 1 aromatic heterocycles. The van der Waals surface area contributed by atoms with E-state index < -0.39 is 0 Å². The van der Waals surface area contributed by atoms with Crippen LogP contribution in [0.15, 0.2) is 29.6 Å². The van der Waals surface area contributed by atoms with Crippen molar-refractivity contribution in [3.8, 4) is 0 Å². The van der Waals surface area contributed by atoms with Crippen LogP contribution in [0.3, 0.4) is 0 Å². The van der Waals surface area contributed by atoms with Gasteiger partial charge in [-0.3, -0.25) is 0 Å². The van der Waals surface area contributed by atoms with E-state index in [9.17, 15) is 0 Å². The van der Waals surface area contributed by atoms with Crippen molar-refractivity contribution in [1.82, 2.24) is 5.32 Å². The zero-order chi connectivity index (χ0) is 12.1. The Labute approximate surface area is 107 Å². The standard InChI is InChI=1S/C14H19NOS/c1-3-8-16-9-13(15-2)12-10-17-14-7-5-4-6-11(12)14/h4-7,10,13,15H,3,8-9H2,1-2H3. The Bertz CT molecular complexity index is 466. The largest absolute Gasteiger partial charge is 0.379 e. The monoisotopic (exact) mass is 249 g/mol. The number of benzene rings is 1. The summed E-state index contributed by atoms with van der Waals surface area (Å²) in [4.78, 5) is 0. The van der Waals surface area contributed by atoms with Crippen LogP contribution in [0.4, 0.5) is 0 Å². The number of thiophene rings is 1. The molecule has 0 amide bonds. The number of likely N-dealkylation sites (N-methyl/N-ethyl adjacent to an activating group) is 1. The fourth-order valence-electron chi connectivity index (χ4n) is 1.94. The molecule has 0 aliphatic carbocycles. The molecule has 0 aliphatic rings. The lowest BCUT2D eigenvalue weighted by molar-refractivity contribution is 0.114. The number of fused-ring (bicyclic) bond motifs is 1. The van der Waals surface area contributed by atoms with Crippen LogP contribution in [-0.4, -0.2) is 20.3 Å². The normalized spacial score (nSPS) is 13.1. The van der Waals surface area contributed by atoms with E-state index in [0.717, 1.165) is 19.6 Å². The SMILES string of the molecule is CCCOCC(NC)c1csc2ccccc12. The minimum Gasteiger partial charge on any atom is -0.379 e. The number of ether oxygens (including phenoxy) is 1. The van der Waals surface area contributed by atoms with Gasteiger partial charge in [-0.2, -0.15) is 0 Å². The Morgan fingerprint density at radius 3 is 2.94 bits per heavy atom. The molecule has 1 atom stereocenters. The van der Waals surface area contributed by atoms with Crippen LogP contribution in [0, 0.1) is 0 Å². The zero-order valence-electron chi connectivity index (χ0n) is 10.4. The van der Waals surface area contributed by atoms with Crippen LogP contribution in [0.2, 0.25) is 0 Å². The molecule has 0 saturated heterocycles. The molecule has 1 unspecified atom stereocenters. The van der Waals surface area contributed by atoms with Crippen molar-refractivity contribution < 1.29 is 4.74 Å². The van der Waals surface area contributed by atoms with Gasteiger partial charge in [0.1, 0.15) is 0 Å². The quantitative estimate of drug-likeness (QED) is 0.790. The molecule has 2 aromatic rings. The Morgan fingerprint density at radius 2 is 2.18 bits per heavy atom. The van der Waals surface area contributed by atoms with E-state index in [1.165, 1.54) is 15.6 Å². The van der Waals surface area contributed by atoms with E-state index in [4.69, 9.17) is 4.74 Å². The first-order valence-corrected chi connectivity index (χ1v) is 6.96. The number of hydrogen-bond acceptors (Lipinski definition) is 3. The van der Waals surface area contributed by atoms with Gasteiger partial charge in [0.25, 0.3) is 0 Å². The van der Waals surface area contributed by atoms with Crippen LogP contribution in [-0.2, 0) is 4.74 Å². The van der Waals surface area contributed by atoms with Gasteiger partial charge in [-0.25, -0.2) is 0 Å². The minimum absolute atomic E-state index is 0.290. The number of hydrogen-bond donors (Lipinski definition) is 1. The third-order valence-electron chi connectivity index (χ3n) is 2.87. The topological polar surface area (TPSA) is 21.3 Å². The zero-order valence-corrected chi connectivity index (χ0v) is 11.2. The summed E-state index contributed by atoms with van der Waals surface area (Å²) in [6, 6.07) is 8.83. The van der Waals surface area contributed by atoms with Gasteiger partial charge in [-0.05, 0) is 35.9 Å². The average molecular weight is 249 g/mol. The molecule has 0 fully saturated rings. The molecule has 2 rings (SSSR count). The summed E-state index contributed by atoms with van der Waals surface area (Å²) in [5.74, 6) is 0. The molecule has 0 aliphatic heterocycles. The maximum Gasteiger partial charge on any atom is 0.0661 e. The predicted octanol–water partition coefficient (Wildman–Crippen LogP) is 3.59. The van der Waals surface area contributed by atoms with E-state index in [2.05, 4.69) is 41.9 Å². The second kappa shape index (κ2) is 6.15. The Kier molecular flexibility index (Phi) is 4.54. The van der Waals surface area contributed by atoms with Crippen molar-refractivity contribution in [2.45, 2.75) is 19.4 Å². The molecule has 3 heteroatoms. The molecule has 0 spiro atoms. The van der Waals surface area contributed by atoms with Crippen molar-refractivity contribution in [1.29, 1.82) is 0 Å². The first-order chi connectivity index (χ1) is 8.36. The van der Waals surface area contributed by atoms with Crippen LogP contribution >= 0.6 is 11.3 Å². The number of rotatable bonds is 6. The smallest absolute Gasteiger partial charge is 0.0661 e. The maximum atomic E-state index is 5.65. The van der Waals surface area contributed by atoms with Gasteiger partial charge in [0.2, 0.25) is 0 Å². The summed E-state index contributed by atoms with van der Waals surface area (Å²) in [6.07, 6.45) is 1.07. The van der Waals surface area contributed by atoms with Gasteiger partial charge in [0.15, 0.2) is 0 Å². The second-order valence-electron chi connectivity index (χ2n) is 4.10. The third kappa shape index (κ3) is 2.86. The Balaban J connectivity index is 2.18. The van der Waals surface area contributed by atoms with Crippen LogP contribution in [0.1, 0.15) is 24.9 Å². The molecule has 0 bridgehead atoms. The van der Waals surface area contributed by atoms with E-state index in [0.29, 0.717) is 0 Å². The van der Waals surface area contributed by atoms with Gasteiger partial charge in [0.05, 0.1) is 12.6 Å². The Hall–Kier alpha value is -0.900. The molecular formula is C14H19NOS. The lowest BCUT2D eigenvalue weighted by Gasteiger charge is -2.15. The first kappa shape index (κ1) is 12.6. The summed E-state index contributed by atoms with van der Waals surface area (Å²) in [7, 11) is 1.99. The highest BCUT2D eigenvalue weighted by atomic mass is 32.1. The lowest BCUT2D eigenvalue weighted by atomic mass is 10.1. The van der Waals surface area contributed by atoms with Crippen molar-refractivity contribution >= 4 is 21.4 Å². The minimum atomic E-state index is 0.290. The third-order valence-corrected chi connectivity index (χ3v) is 3.85. The lowest BCUT2D eigenvalue weighted by Crippen LogP contribution is -2.21. The molecule has 92 valence electrons. The van der Waals surface area contributed by atoms with Crippen LogP contribution in [0.25, 0.3) is 10.1 Å². The summed E-state index contributed by atoms with van der Waals surface area (Å²) in [6.45, 7) is 3.71. The molecule has 1 aromatic carbocycles. The second-order valence-corrected chi connectivity index (χ2v) is 5.01. The van der Waals surface area contributed by atoms with Gasteiger partial charge < -0.3 is 10.1 Å². The number of nitrogens with one attached hydrogen (secondary N) is 1. The predicted molar refractivity (Wildman–Crippen MR) is 74.7 cm³/mol. The van der Waals surface area contributed by atoms with Gasteiger partial charge in [-0.15, -0.1) is 11.3 Å². The van der Waals surface area contributed by atoms with E-state index in [-0.39, 0.29) is 6.04 Å². The highest BCUT2D eigenvalue weighted by Gasteiger charge is 2.13. The molecule has 0 saturated carbocycles. The van der Waals surface area contributed by atoms with E-state index in [1.54, 1.807) is 11.3 Å². The van der Waals surface area contributed by atoms with Gasteiger partial charge in [0, 0.05) is 11.3 Å².